The molecule has 1 fully saturated rings. The predicted molar refractivity (Wildman–Crippen MR) is 77.1 cm³/mol. The molecule has 1 aromatic carbocycles. The smallest absolute Gasteiger partial charge is 0.0720 e. The number of rotatable bonds is 8. The Morgan fingerprint density at radius 1 is 1.26 bits per heavy atom. The minimum absolute atomic E-state index is 0.278. The van der Waals surface area contributed by atoms with E-state index in [-0.39, 0.29) is 6.61 Å². The molecular formula is C16H25NO2. The molecule has 0 atom stereocenters. The molecule has 0 amide bonds. The van der Waals surface area contributed by atoms with Crippen LogP contribution in [0.2, 0.25) is 0 Å². The van der Waals surface area contributed by atoms with Crippen LogP contribution < -0.4 is 5.32 Å². The summed E-state index contributed by atoms with van der Waals surface area (Å²) in [4.78, 5) is 0. The van der Waals surface area contributed by atoms with Crippen LogP contribution in [0.5, 0.6) is 0 Å². The Balaban J connectivity index is 1.54. The molecule has 0 radical (unpaired) electrons. The number of aliphatic hydroxyl groups excluding tert-OH is 1. The first kappa shape index (κ1) is 14.5. The molecule has 2 N–H and O–H groups in total. The van der Waals surface area contributed by atoms with Gasteiger partial charge in [-0.15, -0.1) is 0 Å². The molecule has 1 aliphatic rings. The van der Waals surface area contributed by atoms with Crippen LogP contribution in [0.4, 0.5) is 0 Å². The maximum Gasteiger partial charge on any atom is 0.0720 e. The van der Waals surface area contributed by atoms with E-state index in [1.807, 2.05) is 0 Å². The van der Waals surface area contributed by atoms with Crippen molar-refractivity contribution in [2.45, 2.75) is 38.9 Å². The second-order valence-electron chi connectivity index (χ2n) is 5.54. The third-order valence-corrected chi connectivity index (χ3v) is 3.74. The molecule has 2 rings (SSSR count). The van der Waals surface area contributed by atoms with E-state index < -0.39 is 0 Å². The van der Waals surface area contributed by atoms with Crippen LogP contribution >= 0.6 is 0 Å². The Kier molecular flexibility index (Phi) is 5.83. The minimum atomic E-state index is 0.278. The van der Waals surface area contributed by atoms with Crippen molar-refractivity contribution in [3.05, 3.63) is 35.4 Å². The van der Waals surface area contributed by atoms with Crippen molar-refractivity contribution >= 4 is 0 Å². The van der Waals surface area contributed by atoms with Gasteiger partial charge in [-0.3, -0.25) is 0 Å². The molecule has 0 saturated heterocycles. The second kappa shape index (κ2) is 7.63. The average Bonchev–Trinajstić information content (AvgIpc) is 2.37. The van der Waals surface area contributed by atoms with E-state index in [0.29, 0.717) is 6.10 Å². The van der Waals surface area contributed by atoms with E-state index in [1.54, 1.807) is 0 Å². The number of hydrogen-bond acceptors (Lipinski definition) is 3. The number of nitrogens with one attached hydrogen (secondary N) is 1. The second-order valence-corrected chi connectivity index (χ2v) is 5.54. The van der Waals surface area contributed by atoms with Crippen LogP contribution in [0, 0.1) is 12.8 Å². The van der Waals surface area contributed by atoms with Crippen molar-refractivity contribution in [2.75, 3.05) is 19.7 Å². The summed E-state index contributed by atoms with van der Waals surface area (Å²) in [5, 5.41) is 12.1. The number of ether oxygens (including phenoxy) is 1. The van der Waals surface area contributed by atoms with Crippen molar-refractivity contribution in [3.8, 4) is 0 Å². The zero-order valence-corrected chi connectivity index (χ0v) is 11.8. The first-order valence-electron chi connectivity index (χ1n) is 7.26. The molecule has 0 aromatic heterocycles. The van der Waals surface area contributed by atoms with Gasteiger partial charge in [0, 0.05) is 6.61 Å². The lowest BCUT2D eigenvalue weighted by Crippen LogP contribution is -2.38. The standard InChI is InChI=1S/C16H25NO2/c1-13-3-5-14(6-4-13)12-19-16-9-15(10-16)11-17-7-2-8-18/h3-6,15-18H,2,7-12H2,1H3. The fourth-order valence-electron chi connectivity index (χ4n) is 2.39. The van der Waals surface area contributed by atoms with Gasteiger partial charge >= 0.3 is 0 Å². The Hall–Kier alpha value is -0.900. The van der Waals surface area contributed by atoms with E-state index >= 15 is 0 Å². The summed E-state index contributed by atoms with van der Waals surface area (Å²) >= 11 is 0. The van der Waals surface area contributed by atoms with E-state index in [9.17, 15) is 0 Å². The van der Waals surface area contributed by atoms with Crippen molar-refractivity contribution in [1.29, 1.82) is 0 Å². The van der Waals surface area contributed by atoms with Crippen molar-refractivity contribution < 1.29 is 9.84 Å². The normalized spacial score (nSPS) is 22.2. The Bertz CT molecular complexity index is 358. The Labute approximate surface area is 116 Å². The molecule has 3 nitrogen and oxygen atoms in total. The van der Waals surface area contributed by atoms with Gasteiger partial charge in [-0.2, -0.15) is 0 Å². The summed E-state index contributed by atoms with van der Waals surface area (Å²) < 4.78 is 5.89. The fourth-order valence-corrected chi connectivity index (χ4v) is 2.39. The van der Waals surface area contributed by atoms with E-state index in [4.69, 9.17) is 9.84 Å². The summed E-state index contributed by atoms with van der Waals surface area (Å²) in [5.74, 6) is 0.752. The van der Waals surface area contributed by atoms with Crippen LogP contribution in [-0.4, -0.2) is 30.9 Å². The van der Waals surface area contributed by atoms with Gasteiger partial charge in [0.2, 0.25) is 0 Å². The summed E-state index contributed by atoms with van der Waals surface area (Å²) in [7, 11) is 0. The van der Waals surface area contributed by atoms with Crippen molar-refractivity contribution in [3.63, 3.8) is 0 Å². The molecule has 19 heavy (non-hydrogen) atoms. The number of benzene rings is 1. The highest BCUT2D eigenvalue weighted by molar-refractivity contribution is 5.20. The van der Waals surface area contributed by atoms with Crippen LogP contribution in [0.15, 0.2) is 24.3 Å². The van der Waals surface area contributed by atoms with E-state index in [2.05, 4.69) is 36.5 Å². The van der Waals surface area contributed by atoms with Crippen molar-refractivity contribution in [1.82, 2.24) is 5.32 Å². The van der Waals surface area contributed by atoms with Crippen LogP contribution in [-0.2, 0) is 11.3 Å². The fraction of sp³-hybridized carbons (Fsp3) is 0.625. The molecule has 106 valence electrons. The lowest BCUT2D eigenvalue weighted by molar-refractivity contribution is -0.0395. The molecule has 0 aliphatic heterocycles. The number of aryl methyl sites for hydroxylation is 1. The van der Waals surface area contributed by atoms with Gasteiger partial charge in [0.25, 0.3) is 0 Å². The van der Waals surface area contributed by atoms with Gasteiger partial charge in [0.1, 0.15) is 0 Å². The van der Waals surface area contributed by atoms with Crippen LogP contribution in [0.25, 0.3) is 0 Å². The maximum absolute atomic E-state index is 8.68. The molecule has 0 spiro atoms. The highest BCUT2D eigenvalue weighted by Gasteiger charge is 2.29. The minimum Gasteiger partial charge on any atom is -0.396 e. The zero-order chi connectivity index (χ0) is 13.5. The maximum atomic E-state index is 8.68. The molecule has 1 aliphatic carbocycles. The molecule has 3 heteroatoms. The topological polar surface area (TPSA) is 41.5 Å². The van der Waals surface area contributed by atoms with Crippen molar-refractivity contribution in [2.24, 2.45) is 5.92 Å². The lowest BCUT2D eigenvalue weighted by Gasteiger charge is -2.35. The summed E-state index contributed by atoms with van der Waals surface area (Å²) in [6.45, 7) is 5.09. The van der Waals surface area contributed by atoms with Gasteiger partial charge in [0.05, 0.1) is 12.7 Å². The highest BCUT2D eigenvalue weighted by atomic mass is 16.5. The third-order valence-electron chi connectivity index (χ3n) is 3.74. The summed E-state index contributed by atoms with van der Waals surface area (Å²) in [6.07, 6.45) is 3.61. The lowest BCUT2D eigenvalue weighted by atomic mass is 9.82. The van der Waals surface area contributed by atoms with E-state index in [1.165, 1.54) is 11.1 Å². The Morgan fingerprint density at radius 2 is 2.00 bits per heavy atom. The zero-order valence-electron chi connectivity index (χ0n) is 11.8. The molecular weight excluding hydrogens is 238 g/mol. The van der Waals surface area contributed by atoms with Crippen LogP contribution in [0.1, 0.15) is 30.4 Å². The quantitative estimate of drug-likeness (QED) is 0.707. The summed E-state index contributed by atoms with van der Waals surface area (Å²) in [6, 6.07) is 8.55. The predicted octanol–water partition coefficient (Wildman–Crippen LogP) is 2.26. The molecule has 0 unspecified atom stereocenters. The van der Waals surface area contributed by atoms with Gasteiger partial charge in [-0.1, -0.05) is 29.8 Å². The van der Waals surface area contributed by atoms with Gasteiger partial charge in [0.15, 0.2) is 0 Å². The number of aliphatic hydroxyl groups is 1. The molecule has 0 bridgehead atoms. The van der Waals surface area contributed by atoms with E-state index in [0.717, 1.165) is 44.9 Å². The molecule has 0 heterocycles. The molecule has 1 saturated carbocycles. The van der Waals surface area contributed by atoms with Gasteiger partial charge in [-0.05, 0) is 50.8 Å². The number of hydrogen-bond donors (Lipinski definition) is 2. The average molecular weight is 263 g/mol. The Morgan fingerprint density at radius 3 is 2.68 bits per heavy atom. The molecule has 1 aromatic rings. The third kappa shape index (κ3) is 4.94. The monoisotopic (exact) mass is 263 g/mol. The van der Waals surface area contributed by atoms with Crippen LogP contribution in [0.3, 0.4) is 0 Å². The summed E-state index contributed by atoms with van der Waals surface area (Å²) in [5.41, 5.74) is 2.55. The van der Waals surface area contributed by atoms with Gasteiger partial charge < -0.3 is 15.2 Å². The highest BCUT2D eigenvalue weighted by Crippen LogP contribution is 2.30. The van der Waals surface area contributed by atoms with Gasteiger partial charge in [-0.25, -0.2) is 0 Å². The largest absolute Gasteiger partial charge is 0.396 e. The SMILES string of the molecule is Cc1ccc(COC2CC(CNCCCO)C2)cc1. The first-order chi connectivity index (χ1) is 9.28. The first-order valence-corrected chi connectivity index (χ1v) is 7.26.